The van der Waals surface area contributed by atoms with Crippen molar-refractivity contribution in [3.63, 3.8) is 0 Å². The molecule has 4 heteroatoms. The van der Waals surface area contributed by atoms with Crippen LogP contribution in [0.5, 0.6) is 5.75 Å². The molecule has 2 atom stereocenters. The number of halogens is 1. The Labute approximate surface area is 148 Å². The molecule has 3 rings (SSSR count). The lowest BCUT2D eigenvalue weighted by Crippen LogP contribution is -2.40. The predicted molar refractivity (Wildman–Crippen MR) is 95.1 cm³/mol. The molecule has 1 saturated heterocycles. The molecule has 0 aliphatic carbocycles. The maximum Gasteiger partial charge on any atom is 0.127 e. The molecular weight excluding hydrogens is 319 g/mol. The van der Waals surface area contributed by atoms with Gasteiger partial charge in [-0.1, -0.05) is 30.3 Å². The highest BCUT2D eigenvalue weighted by Crippen LogP contribution is 2.40. The number of ether oxygens (including phenoxy) is 3. The van der Waals surface area contributed by atoms with E-state index in [4.69, 9.17) is 14.2 Å². The maximum atomic E-state index is 14.2. The molecule has 0 saturated carbocycles. The minimum absolute atomic E-state index is 0.0808. The second-order valence-electron chi connectivity index (χ2n) is 6.51. The molecule has 0 unspecified atom stereocenters. The van der Waals surface area contributed by atoms with E-state index < -0.39 is 5.60 Å². The molecule has 1 aliphatic rings. The predicted octanol–water partition coefficient (Wildman–Crippen LogP) is 4.84. The van der Waals surface area contributed by atoms with Gasteiger partial charge >= 0.3 is 0 Å². The second kappa shape index (κ2) is 7.98. The Balaban J connectivity index is 1.84. The maximum absolute atomic E-state index is 14.2. The standard InChI is InChI=1S/C21H25FO3/c1-3-25-21(9-10-23-16(2)14-21)18-11-19(22)13-20(12-18)24-15-17-7-5-4-6-8-17/h4-8,11-13,16H,3,9-10,14-15H2,1-2H3/t16-,21-/m1/s1. The Bertz CT molecular complexity index is 685. The third kappa shape index (κ3) is 4.39. The van der Waals surface area contributed by atoms with E-state index in [2.05, 4.69) is 0 Å². The van der Waals surface area contributed by atoms with Crippen molar-refractivity contribution in [2.24, 2.45) is 0 Å². The lowest BCUT2D eigenvalue weighted by Gasteiger charge is -2.40. The first-order valence-electron chi connectivity index (χ1n) is 8.85. The molecule has 0 spiro atoms. The van der Waals surface area contributed by atoms with Gasteiger partial charge in [0.2, 0.25) is 0 Å². The van der Waals surface area contributed by atoms with Crippen molar-refractivity contribution in [2.75, 3.05) is 13.2 Å². The number of benzene rings is 2. The Kier molecular flexibility index (Phi) is 5.71. The quantitative estimate of drug-likeness (QED) is 0.751. The average molecular weight is 344 g/mol. The Morgan fingerprint density at radius 1 is 1.20 bits per heavy atom. The van der Waals surface area contributed by atoms with E-state index in [0.717, 1.165) is 11.1 Å². The minimum atomic E-state index is -0.515. The van der Waals surface area contributed by atoms with E-state index in [-0.39, 0.29) is 11.9 Å². The zero-order chi connectivity index (χ0) is 17.7. The van der Waals surface area contributed by atoms with Crippen LogP contribution < -0.4 is 4.74 Å². The van der Waals surface area contributed by atoms with E-state index in [1.165, 1.54) is 6.07 Å². The SMILES string of the molecule is CCO[C@]1(c2cc(F)cc(OCc3ccccc3)c2)CCO[C@H](C)C1. The van der Waals surface area contributed by atoms with Gasteiger partial charge in [-0.25, -0.2) is 4.39 Å². The summed E-state index contributed by atoms with van der Waals surface area (Å²) in [5.74, 6) is 0.218. The van der Waals surface area contributed by atoms with Gasteiger partial charge in [0.05, 0.1) is 18.3 Å². The molecule has 25 heavy (non-hydrogen) atoms. The van der Waals surface area contributed by atoms with Crippen LogP contribution in [0.1, 0.15) is 37.8 Å². The lowest BCUT2D eigenvalue weighted by molar-refractivity contribution is -0.137. The lowest BCUT2D eigenvalue weighted by atomic mass is 9.83. The second-order valence-corrected chi connectivity index (χ2v) is 6.51. The smallest absolute Gasteiger partial charge is 0.127 e. The van der Waals surface area contributed by atoms with Gasteiger partial charge in [-0.15, -0.1) is 0 Å². The highest BCUT2D eigenvalue weighted by Gasteiger charge is 2.38. The largest absolute Gasteiger partial charge is 0.489 e. The van der Waals surface area contributed by atoms with Crippen molar-refractivity contribution >= 4 is 0 Å². The van der Waals surface area contributed by atoms with Crippen LogP contribution in [0.4, 0.5) is 4.39 Å². The van der Waals surface area contributed by atoms with Gasteiger partial charge in [0.1, 0.15) is 18.2 Å². The van der Waals surface area contributed by atoms with Crippen LogP contribution >= 0.6 is 0 Å². The summed E-state index contributed by atoms with van der Waals surface area (Å²) in [5, 5.41) is 0. The van der Waals surface area contributed by atoms with Gasteiger partial charge in [0.15, 0.2) is 0 Å². The molecular formula is C21H25FO3. The van der Waals surface area contributed by atoms with Crippen LogP contribution in [0.25, 0.3) is 0 Å². The molecule has 2 aromatic rings. The fraction of sp³-hybridized carbons (Fsp3) is 0.429. The fourth-order valence-corrected chi connectivity index (χ4v) is 3.45. The summed E-state index contributed by atoms with van der Waals surface area (Å²) in [6.45, 7) is 5.58. The molecule has 0 N–H and O–H groups in total. The normalized spacial score (nSPS) is 23.4. The zero-order valence-corrected chi connectivity index (χ0v) is 14.8. The first kappa shape index (κ1) is 17.9. The van der Waals surface area contributed by atoms with Gasteiger partial charge in [0.25, 0.3) is 0 Å². The summed E-state index contributed by atoms with van der Waals surface area (Å²) in [7, 11) is 0. The Morgan fingerprint density at radius 2 is 2.00 bits per heavy atom. The zero-order valence-electron chi connectivity index (χ0n) is 14.8. The van der Waals surface area contributed by atoms with E-state index in [9.17, 15) is 4.39 Å². The molecule has 1 heterocycles. The van der Waals surface area contributed by atoms with Crippen molar-refractivity contribution in [1.29, 1.82) is 0 Å². The highest BCUT2D eigenvalue weighted by atomic mass is 19.1. The molecule has 0 radical (unpaired) electrons. The number of rotatable bonds is 6. The first-order valence-corrected chi connectivity index (χ1v) is 8.85. The van der Waals surface area contributed by atoms with Crippen LogP contribution in [0.3, 0.4) is 0 Å². The summed E-state index contributed by atoms with van der Waals surface area (Å²) in [6, 6.07) is 14.7. The van der Waals surface area contributed by atoms with Crippen LogP contribution in [-0.2, 0) is 21.7 Å². The van der Waals surface area contributed by atoms with Crippen molar-refractivity contribution < 1.29 is 18.6 Å². The highest BCUT2D eigenvalue weighted by molar-refractivity contribution is 5.34. The van der Waals surface area contributed by atoms with E-state index in [1.807, 2.05) is 50.2 Å². The number of hydrogen-bond acceptors (Lipinski definition) is 3. The third-order valence-corrected chi connectivity index (χ3v) is 4.59. The van der Waals surface area contributed by atoms with Crippen molar-refractivity contribution in [3.8, 4) is 5.75 Å². The molecule has 0 amide bonds. The summed E-state index contributed by atoms with van der Waals surface area (Å²) in [6.07, 6.45) is 1.51. The Hall–Kier alpha value is -1.91. The van der Waals surface area contributed by atoms with Crippen molar-refractivity contribution in [2.45, 2.75) is 45.0 Å². The molecule has 1 fully saturated rings. The summed E-state index contributed by atoms with van der Waals surface area (Å²) in [5.41, 5.74) is 1.36. The molecule has 3 nitrogen and oxygen atoms in total. The van der Waals surface area contributed by atoms with Crippen LogP contribution in [0.2, 0.25) is 0 Å². The van der Waals surface area contributed by atoms with Crippen molar-refractivity contribution in [1.82, 2.24) is 0 Å². The van der Waals surface area contributed by atoms with Gasteiger partial charge in [-0.2, -0.15) is 0 Å². The molecule has 0 aromatic heterocycles. The van der Waals surface area contributed by atoms with E-state index in [1.54, 1.807) is 6.07 Å². The summed E-state index contributed by atoms with van der Waals surface area (Å²) in [4.78, 5) is 0. The van der Waals surface area contributed by atoms with Gasteiger partial charge < -0.3 is 14.2 Å². The summed E-state index contributed by atoms with van der Waals surface area (Å²) < 4.78 is 31.8. The third-order valence-electron chi connectivity index (χ3n) is 4.59. The average Bonchev–Trinajstić information content (AvgIpc) is 2.61. The van der Waals surface area contributed by atoms with E-state index in [0.29, 0.717) is 38.4 Å². The first-order chi connectivity index (χ1) is 12.1. The van der Waals surface area contributed by atoms with Crippen LogP contribution in [0.15, 0.2) is 48.5 Å². The van der Waals surface area contributed by atoms with Gasteiger partial charge in [0, 0.05) is 25.5 Å². The molecule has 1 aliphatic heterocycles. The molecule has 2 aromatic carbocycles. The monoisotopic (exact) mass is 344 g/mol. The molecule has 134 valence electrons. The van der Waals surface area contributed by atoms with E-state index >= 15 is 0 Å². The van der Waals surface area contributed by atoms with Crippen LogP contribution in [-0.4, -0.2) is 19.3 Å². The fourth-order valence-electron chi connectivity index (χ4n) is 3.45. The number of hydrogen-bond donors (Lipinski definition) is 0. The van der Waals surface area contributed by atoms with Gasteiger partial charge in [-0.3, -0.25) is 0 Å². The minimum Gasteiger partial charge on any atom is -0.489 e. The van der Waals surface area contributed by atoms with Crippen LogP contribution in [0, 0.1) is 5.82 Å². The topological polar surface area (TPSA) is 27.7 Å². The van der Waals surface area contributed by atoms with Gasteiger partial charge in [-0.05, 0) is 37.1 Å². The summed E-state index contributed by atoms with van der Waals surface area (Å²) >= 11 is 0. The van der Waals surface area contributed by atoms with Crippen molar-refractivity contribution in [3.05, 3.63) is 65.5 Å². The molecule has 0 bridgehead atoms. The Morgan fingerprint density at radius 3 is 2.72 bits per heavy atom.